The van der Waals surface area contributed by atoms with E-state index in [1.54, 1.807) is 55.6 Å². The van der Waals surface area contributed by atoms with Crippen LogP contribution in [0.25, 0.3) is 11.7 Å². The van der Waals surface area contributed by atoms with Crippen molar-refractivity contribution in [2.75, 3.05) is 38.3 Å². The van der Waals surface area contributed by atoms with Crippen LogP contribution in [0.3, 0.4) is 0 Å². The Kier molecular flexibility index (Phi) is 12.0. The van der Waals surface area contributed by atoms with Crippen molar-refractivity contribution in [3.63, 3.8) is 0 Å². The Hall–Kier alpha value is -3.90. The highest BCUT2D eigenvalue weighted by atomic mass is 79.9. The number of fused-ring (bicyclic) bond motifs is 1. The molecule has 4 rings (SSSR count). The molecular weight excluding hydrogens is 685 g/mol. The number of carbonyl (C=O) groups excluding carboxylic acids is 3. The van der Waals surface area contributed by atoms with Gasteiger partial charge in [0.15, 0.2) is 11.4 Å². The van der Waals surface area contributed by atoms with Crippen LogP contribution in [0.1, 0.15) is 34.1 Å². The first kappa shape index (κ1) is 34.0. The fraction of sp³-hybridized carbons (Fsp3) is 0.250. The molecular formula is C32H32BrCl2N5O5. The van der Waals surface area contributed by atoms with Gasteiger partial charge in [-0.1, -0.05) is 35.3 Å². The van der Waals surface area contributed by atoms with E-state index in [9.17, 15) is 14.4 Å². The number of benzene rings is 2. The van der Waals surface area contributed by atoms with Crippen LogP contribution in [0.2, 0.25) is 10.0 Å². The summed E-state index contributed by atoms with van der Waals surface area (Å²) in [7, 11) is 1.56. The molecule has 13 heteroatoms. The quantitative estimate of drug-likeness (QED) is 0.133. The van der Waals surface area contributed by atoms with Crippen LogP contribution in [0.5, 0.6) is 5.75 Å². The Morgan fingerprint density at radius 2 is 1.84 bits per heavy atom. The number of hydrogen-bond donors (Lipinski definition) is 2. The number of aromatic nitrogens is 2. The minimum Gasteiger partial charge on any atom is -0.485 e. The van der Waals surface area contributed by atoms with Crippen molar-refractivity contribution in [3.05, 3.63) is 97.8 Å². The summed E-state index contributed by atoms with van der Waals surface area (Å²) in [5, 5.41) is 5.99. The van der Waals surface area contributed by atoms with Crippen LogP contribution >= 0.6 is 39.1 Å². The molecule has 0 fully saturated rings. The van der Waals surface area contributed by atoms with Crippen molar-refractivity contribution >= 4 is 74.3 Å². The van der Waals surface area contributed by atoms with Crippen LogP contribution in [0.4, 0.5) is 5.69 Å². The number of nitrogens with one attached hydrogen (secondary N) is 2. The zero-order valence-electron chi connectivity index (χ0n) is 24.9. The molecule has 4 aromatic rings. The second kappa shape index (κ2) is 15.9. The highest BCUT2D eigenvalue weighted by Crippen LogP contribution is 2.35. The lowest BCUT2D eigenvalue weighted by atomic mass is 10.1. The Balaban J connectivity index is 1.32. The zero-order chi connectivity index (χ0) is 32.5. The predicted molar refractivity (Wildman–Crippen MR) is 179 cm³/mol. The van der Waals surface area contributed by atoms with Gasteiger partial charge in [0.1, 0.15) is 11.2 Å². The van der Waals surface area contributed by atoms with Gasteiger partial charge in [0.05, 0.1) is 29.6 Å². The minimum atomic E-state index is -0.458. The summed E-state index contributed by atoms with van der Waals surface area (Å²) in [6, 6.07) is 13.7. The zero-order valence-corrected chi connectivity index (χ0v) is 28.0. The standard InChI is InChI=1S/C32H32BrCl2N5O5/c1-4-44-17-15-36-32(43)22-10-7-21(8-11-22)9-14-27(41)37-18-28(42)39(3)25-13-12-24(34)23(29(25)35)19-45-26-6-5-16-40-30(33)20(2)38-31(26)40/h5-14,16H,4,15,17-19H2,1-3H3,(H,36,43)(H,37,41)/b14-9+. The van der Waals surface area contributed by atoms with Crippen molar-refractivity contribution in [1.29, 1.82) is 0 Å². The van der Waals surface area contributed by atoms with E-state index in [-0.39, 0.29) is 24.1 Å². The topological polar surface area (TPSA) is 114 Å². The SMILES string of the molecule is CCOCCNC(=O)c1ccc(/C=C/C(=O)NCC(=O)N(C)c2ccc(Cl)c(COc3cccn4c(Br)c(C)nc34)c2Cl)cc1. The molecule has 2 heterocycles. The lowest BCUT2D eigenvalue weighted by molar-refractivity contribution is -0.122. The third-order valence-corrected chi connectivity index (χ3v) is 8.47. The summed E-state index contributed by atoms with van der Waals surface area (Å²) in [6.07, 6.45) is 4.77. The molecule has 236 valence electrons. The third kappa shape index (κ3) is 8.64. The number of carbonyl (C=O) groups is 3. The van der Waals surface area contributed by atoms with Crippen molar-refractivity contribution in [2.45, 2.75) is 20.5 Å². The molecule has 10 nitrogen and oxygen atoms in total. The van der Waals surface area contributed by atoms with Gasteiger partial charge in [0.25, 0.3) is 5.91 Å². The van der Waals surface area contributed by atoms with Gasteiger partial charge in [0, 0.05) is 48.6 Å². The summed E-state index contributed by atoms with van der Waals surface area (Å²) >= 11 is 16.7. The normalized spacial score (nSPS) is 11.2. The van der Waals surface area contributed by atoms with Gasteiger partial charge in [0.2, 0.25) is 11.8 Å². The maximum atomic E-state index is 12.9. The minimum absolute atomic E-state index is 0.0395. The van der Waals surface area contributed by atoms with Crippen LogP contribution in [-0.2, 0) is 20.9 Å². The molecule has 3 amide bonds. The molecule has 0 unspecified atom stereocenters. The number of rotatable bonds is 13. The van der Waals surface area contributed by atoms with Crippen molar-refractivity contribution in [3.8, 4) is 5.75 Å². The van der Waals surface area contributed by atoms with E-state index in [2.05, 4.69) is 31.5 Å². The van der Waals surface area contributed by atoms with E-state index in [4.69, 9.17) is 32.7 Å². The second-order valence-electron chi connectivity index (χ2n) is 9.78. The van der Waals surface area contributed by atoms with Gasteiger partial charge in [-0.05, 0) is 77.8 Å². The lowest BCUT2D eigenvalue weighted by Gasteiger charge is -2.21. The summed E-state index contributed by atoms with van der Waals surface area (Å²) in [5.74, 6) is -0.517. The predicted octanol–water partition coefficient (Wildman–Crippen LogP) is 5.85. The number of aryl methyl sites for hydroxylation is 1. The Morgan fingerprint density at radius 3 is 2.58 bits per heavy atom. The lowest BCUT2D eigenvalue weighted by Crippen LogP contribution is -2.37. The smallest absolute Gasteiger partial charge is 0.251 e. The molecule has 0 spiro atoms. The van der Waals surface area contributed by atoms with Crippen LogP contribution in [0, 0.1) is 6.92 Å². The van der Waals surface area contributed by atoms with Gasteiger partial charge in [-0.2, -0.15) is 0 Å². The van der Waals surface area contributed by atoms with E-state index in [1.807, 2.05) is 30.5 Å². The van der Waals surface area contributed by atoms with Crippen molar-refractivity contribution in [2.24, 2.45) is 0 Å². The molecule has 0 aliphatic heterocycles. The molecule has 0 atom stereocenters. The molecule has 45 heavy (non-hydrogen) atoms. The maximum Gasteiger partial charge on any atom is 0.251 e. The van der Waals surface area contributed by atoms with E-state index in [1.165, 1.54) is 11.0 Å². The van der Waals surface area contributed by atoms with Crippen LogP contribution < -0.4 is 20.3 Å². The molecule has 0 aliphatic carbocycles. The highest BCUT2D eigenvalue weighted by molar-refractivity contribution is 9.10. The van der Waals surface area contributed by atoms with Gasteiger partial charge in [-0.15, -0.1) is 0 Å². The largest absolute Gasteiger partial charge is 0.485 e. The van der Waals surface area contributed by atoms with Gasteiger partial charge < -0.3 is 25.0 Å². The maximum absolute atomic E-state index is 12.9. The van der Waals surface area contributed by atoms with Crippen LogP contribution in [0.15, 0.2) is 65.4 Å². The number of pyridine rings is 1. The van der Waals surface area contributed by atoms with E-state index in [0.717, 1.165) is 10.3 Å². The van der Waals surface area contributed by atoms with Crippen molar-refractivity contribution < 1.29 is 23.9 Å². The first-order valence-corrected chi connectivity index (χ1v) is 15.6. The molecule has 0 aliphatic rings. The van der Waals surface area contributed by atoms with E-state index < -0.39 is 11.8 Å². The Morgan fingerprint density at radius 1 is 1.09 bits per heavy atom. The van der Waals surface area contributed by atoms with Gasteiger partial charge >= 0.3 is 0 Å². The summed E-state index contributed by atoms with van der Waals surface area (Å²) in [4.78, 5) is 43.4. The monoisotopic (exact) mass is 715 g/mol. The average Bonchev–Trinajstić information content (AvgIpc) is 3.34. The molecule has 2 N–H and O–H groups in total. The molecule has 2 aromatic heterocycles. The Bertz CT molecular complexity index is 1730. The fourth-order valence-corrected chi connectivity index (χ4v) is 5.22. The molecule has 0 saturated heterocycles. The van der Waals surface area contributed by atoms with Gasteiger partial charge in [-0.3, -0.25) is 18.8 Å². The fourth-order valence-electron chi connectivity index (χ4n) is 4.24. The third-order valence-electron chi connectivity index (χ3n) is 6.74. The van der Waals surface area contributed by atoms with Crippen molar-refractivity contribution in [1.82, 2.24) is 20.0 Å². The number of amides is 3. The Labute approximate surface area is 279 Å². The molecule has 0 bridgehead atoms. The summed E-state index contributed by atoms with van der Waals surface area (Å²) in [6.45, 7) is 5.01. The number of hydrogen-bond acceptors (Lipinski definition) is 6. The molecule has 0 radical (unpaired) electrons. The number of ether oxygens (including phenoxy) is 2. The first-order valence-electron chi connectivity index (χ1n) is 14.0. The highest BCUT2D eigenvalue weighted by Gasteiger charge is 2.20. The molecule has 0 saturated carbocycles. The summed E-state index contributed by atoms with van der Waals surface area (Å²) in [5.41, 5.74) is 3.58. The van der Waals surface area contributed by atoms with E-state index >= 15 is 0 Å². The van der Waals surface area contributed by atoms with Crippen LogP contribution in [-0.4, -0.2) is 60.5 Å². The number of anilines is 1. The number of halogens is 3. The molecule has 2 aromatic carbocycles. The number of nitrogens with zero attached hydrogens (tertiary/aromatic N) is 3. The van der Waals surface area contributed by atoms with E-state index in [0.29, 0.717) is 58.6 Å². The number of imidazole rings is 1. The van der Waals surface area contributed by atoms with Gasteiger partial charge in [-0.25, -0.2) is 4.98 Å². The average molecular weight is 717 g/mol. The number of likely N-dealkylation sites (N-methyl/N-ethyl adjacent to an activating group) is 1. The first-order chi connectivity index (χ1) is 21.6. The summed E-state index contributed by atoms with van der Waals surface area (Å²) < 4.78 is 14.0. The second-order valence-corrected chi connectivity index (χ2v) is 11.3.